The second-order valence-electron chi connectivity index (χ2n) is 6.93. The van der Waals surface area contributed by atoms with Crippen molar-refractivity contribution in [2.75, 3.05) is 25.1 Å². The maximum absolute atomic E-state index is 12.5. The zero-order valence-electron chi connectivity index (χ0n) is 16.2. The summed E-state index contributed by atoms with van der Waals surface area (Å²) < 4.78 is 11.0. The normalized spacial score (nSPS) is 13.7. The fourth-order valence-corrected chi connectivity index (χ4v) is 3.10. The van der Waals surface area contributed by atoms with E-state index in [1.165, 1.54) is 12.8 Å². The molecule has 1 aliphatic heterocycles. The molecule has 0 bridgehead atoms. The molecule has 1 amide bonds. The van der Waals surface area contributed by atoms with Gasteiger partial charge in [0.05, 0.1) is 13.2 Å². The van der Waals surface area contributed by atoms with Crippen molar-refractivity contribution >= 4 is 11.7 Å². The lowest BCUT2D eigenvalue weighted by atomic mass is 10.1. The number of carbonyl (C=O) groups is 1. The van der Waals surface area contributed by atoms with Crippen LogP contribution in [0.25, 0.3) is 0 Å². The van der Waals surface area contributed by atoms with Gasteiger partial charge in [0.15, 0.2) is 11.5 Å². The molecule has 144 valence electrons. The summed E-state index contributed by atoms with van der Waals surface area (Å²) in [7, 11) is 1.57. The molecule has 2 heterocycles. The fraction of sp³-hybridized carbons (Fsp3) is 0.429. The summed E-state index contributed by atoms with van der Waals surface area (Å²) in [4.78, 5) is 19.3. The quantitative estimate of drug-likeness (QED) is 0.810. The van der Waals surface area contributed by atoms with Crippen molar-refractivity contribution in [1.29, 1.82) is 0 Å². The number of hydrogen-bond acceptors (Lipinski definition) is 5. The lowest BCUT2D eigenvalue weighted by Gasteiger charge is -2.16. The first-order chi connectivity index (χ1) is 13.1. The van der Waals surface area contributed by atoms with Gasteiger partial charge in [-0.1, -0.05) is 6.07 Å². The smallest absolute Gasteiger partial charge is 0.251 e. The fourth-order valence-electron chi connectivity index (χ4n) is 3.10. The molecular weight excluding hydrogens is 342 g/mol. The van der Waals surface area contributed by atoms with Crippen LogP contribution < -0.4 is 19.7 Å². The standard InChI is InChI=1S/C21H27N3O3/c1-15(2)27-18-8-7-17(12-19(18)26-3)21(25)23-14-16-6-9-20(22-13-16)24-10-4-5-11-24/h6-9,12-13,15H,4-5,10-11,14H2,1-3H3,(H,23,25). The summed E-state index contributed by atoms with van der Waals surface area (Å²) >= 11 is 0. The van der Waals surface area contributed by atoms with Crippen LogP contribution in [-0.4, -0.2) is 37.2 Å². The van der Waals surface area contributed by atoms with Gasteiger partial charge in [-0.2, -0.15) is 0 Å². The van der Waals surface area contributed by atoms with Crippen molar-refractivity contribution in [2.24, 2.45) is 0 Å². The Morgan fingerprint density at radius 2 is 1.96 bits per heavy atom. The molecule has 1 N–H and O–H groups in total. The van der Waals surface area contributed by atoms with E-state index in [1.54, 1.807) is 25.3 Å². The van der Waals surface area contributed by atoms with Gasteiger partial charge < -0.3 is 19.7 Å². The molecule has 1 aliphatic rings. The average molecular weight is 369 g/mol. The summed E-state index contributed by atoms with van der Waals surface area (Å²) in [5.41, 5.74) is 1.50. The summed E-state index contributed by atoms with van der Waals surface area (Å²) in [6.45, 7) is 6.47. The van der Waals surface area contributed by atoms with Crippen LogP contribution in [0, 0.1) is 0 Å². The Morgan fingerprint density at radius 3 is 2.59 bits per heavy atom. The van der Waals surface area contributed by atoms with Gasteiger partial charge in [-0.05, 0) is 56.5 Å². The Kier molecular flexibility index (Phi) is 6.16. The molecule has 0 saturated carbocycles. The molecule has 1 fully saturated rings. The zero-order valence-corrected chi connectivity index (χ0v) is 16.2. The molecule has 6 nitrogen and oxygen atoms in total. The zero-order chi connectivity index (χ0) is 19.2. The largest absolute Gasteiger partial charge is 0.493 e. The second kappa shape index (κ2) is 8.75. The molecule has 1 aromatic heterocycles. The second-order valence-corrected chi connectivity index (χ2v) is 6.93. The minimum absolute atomic E-state index is 0.0367. The van der Waals surface area contributed by atoms with Crippen molar-refractivity contribution < 1.29 is 14.3 Å². The molecule has 3 rings (SSSR count). The van der Waals surface area contributed by atoms with Crippen molar-refractivity contribution in [3.05, 3.63) is 47.7 Å². The van der Waals surface area contributed by atoms with Crippen LogP contribution >= 0.6 is 0 Å². The molecule has 0 spiro atoms. The number of pyridine rings is 1. The van der Waals surface area contributed by atoms with Crippen LogP contribution in [-0.2, 0) is 6.54 Å². The third kappa shape index (κ3) is 4.90. The monoisotopic (exact) mass is 369 g/mol. The number of rotatable bonds is 7. The van der Waals surface area contributed by atoms with Crippen molar-refractivity contribution in [2.45, 2.75) is 39.3 Å². The first kappa shape index (κ1) is 19.0. The number of nitrogens with one attached hydrogen (secondary N) is 1. The van der Waals surface area contributed by atoms with Crippen LogP contribution in [0.15, 0.2) is 36.5 Å². The number of methoxy groups -OCH3 is 1. The highest BCUT2D eigenvalue weighted by atomic mass is 16.5. The number of aromatic nitrogens is 1. The van der Waals surface area contributed by atoms with Gasteiger partial charge in [0.2, 0.25) is 0 Å². The molecule has 1 aromatic carbocycles. The molecule has 6 heteroatoms. The number of carbonyl (C=O) groups excluding carboxylic acids is 1. The van der Waals surface area contributed by atoms with Crippen molar-refractivity contribution in [1.82, 2.24) is 10.3 Å². The first-order valence-electron chi connectivity index (χ1n) is 9.39. The third-order valence-corrected chi connectivity index (χ3v) is 4.48. The molecular formula is C21H27N3O3. The van der Waals surface area contributed by atoms with E-state index in [0.29, 0.717) is 23.6 Å². The van der Waals surface area contributed by atoms with E-state index >= 15 is 0 Å². The lowest BCUT2D eigenvalue weighted by Crippen LogP contribution is -2.23. The highest BCUT2D eigenvalue weighted by molar-refractivity contribution is 5.94. The molecule has 1 saturated heterocycles. The molecule has 0 unspecified atom stereocenters. The van der Waals surface area contributed by atoms with Gasteiger partial charge >= 0.3 is 0 Å². The van der Waals surface area contributed by atoms with E-state index < -0.39 is 0 Å². The van der Waals surface area contributed by atoms with Gasteiger partial charge in [0.25, 0.3) is 5.91 Å². The number of nitrogens with zero attached hydrogens (tertiary/aromatic N) is 2. The highest BCUT2D eigenvalue weighted by Gasteiger charge is 2.14. The van der Waals surface area contributed by atoms with Gasteiger partial charge in [0, 0.05) is 31.4 Å². The minimum Gasteiger partial charge on any atom is -0.493 e. The lowest BCUT2D eigenvalue weighted by molar-refractivity contribution is 0.0950. The maximum Gasteiger partial charge on any atom is 0.251 e. The Balaban J connectivity index is 1.60. The molecule has 2 aromatic rings. The summed E-state index contributed by atoms with van der Waals surface area (Å²) in [5.74, 6) is 2.03. The molecule has 0 atom stereocenters. The Labute approximate surface area is 160 Å². The van der Waals surface area contributed by atoms with Crippen LogP contribution in [0.3, 0.4) is 0 Å². The van der Waals surface area contributed by atoms with Crippen molar-refractivity contribution in [3.8, 4) is 11.5 Å². The van der Waals surface area contributed by atoms with Crippen LogP contribution in [0.1, 0.15) is 42.6 Å². The number of amides is 1. The third-order valence-electron chi connectivity index (χ3n) is 4.48. The Morgan fingerprint density at radius 1 is 1.19 bits per heavy atom. The van der Waals surface area contributed by atoms with Gasteiger partial charge in [0.1, 0.15) is 5.82 Å². The summed E-state index contributed by atoms with van der Waals surface area (Å²) in [6.07, 6.45) is 4.32. The topological polar surface area (TPSA) is 63.7 Å². The van der Waals surface area contributed by atoms with Crippen molar-refractivity contribution in [3.63, 3.8) is 0 Å². The Bertz CT molecular complexity index is 769. The predicted molar refractivity (Wildman–Crippen MR) is 106 cm³/mol. The average Bonchev–Trinajstić information content (AvgIpc) is 3.21. The first-order valence-corrected chi connectivity index (χ1v) is 9.39. The van der Waals surface area contributed by atoms with Gasteiger partial charge in [-0.3, -0.25) is 4.79 Å². The summed E-state index contributed by atoms with van der Waals surface area (Å²) in [6, 6.07) is 9.24. The summed E-state index contributed by atoms with van der Waals surface area (Å²) in [5, 5.41) is 2.93. The van der Waals surface area contributed by atoms with E-state index in [4.69, 9.17) is 9.47 Å². The molecule has 0 aliphatic carbocycles. The van der Waals surface area contributed by atoms with Gasteiger partial charge in [-0.15, -0.1) is 0 Å². The minimum atomic E-state index is -0.159. The number of benzene rings is 1. The van der Waals surface area contributed by atoms with Gasteiger partial charge in [-0.25, -0.2) is 4.98 Å². The Hall–Kier alpha value is -2.76. The highest BCUT2D eigenvalue weighted by Crippen LogP contribution is 2.29. The molecule has 27 heavy (non-hydrogen) atoms. The predicted octanol–water partition coefficient (Wildman–Crippen LogP) is 3.41. The van der Waals surface area contributed by atoms with E-state index in [9.17, 15) is 4.79 Å². The van der Waals surface area contributed by atoms with E-state index in [2.05, 4.69) is 15.2 Å². The van der Waals surface area contributed by atoms with Crippen LogP contribution in [0.2, 0.25) is 0 Å². The van der Waals surface area contributed by atoms with Crippen LogP contribution in [0.4, 0.5) is 5.82 Å². The SMILES string of the molecule is COc1cc(C(=O)NCc2ccc(N3CCCC3)nc2)ccc1OC(C)C. The van der Waals surface area contributed by atoms with E-state index in [1.807, 2.05) is 32.2 Å². The van der Waals surface area contributed by atoms with E-state index in [0.717, 1.165) is 24.5 Å². The number of hydrogen-bond donors (Lipinski definition) is 1. The molecule has 0 radical (unpaired) electrons. The number of anilines is 1. The van der Waals surface area contributed by atoms with E-state index in [-0.39, 0.29) is 12.0 Å². The maximum atomic E-state index is 12.5. The van der Waals surface area contributed by atoms with Crippen LogP contribution in [0.5, 0.6) is 11.5 Å². The number of ether oxygens (including phenoxy) is 2.